The predicted octanol–water partition coefficient (Wildman–Crippen LogP) is 2.73. The number of nitrogens with zero attached hydrogens (tertiary/aromatic N) is 1. The number of benzene rings is 1. The number of hydrogen-bond acceptors (Lipinski definition) is 2. The van der Waals surface area contributed by atoms with Gasteiger partial charge in [-0.15, -0.1) is 0 Å². The number of carbonyl (C=O) groups is 1. The second-order valence-electron chi connectivity index (χ2n) is 3.32. The van der Waals surface area contributed by atoms with Gasteiger partial charge in [-0.2, -0.15) is 0 Å². The zero-order valence-electron chi connectivity index (χ0n) is 8.52. The normalized spacial score (nSPS) is 10.2. The van der Waals surface area contributed by atoms with Crippen molar-refractivity contribution in [2.75, 3.05) is 0 Å². The Hall–Kier alpha value is -2.30. The van der Waals surface area contributed by atoms with Crippen LogP contribution in [0.3, 0.4) is 0 Å². The van der Waals surface area contributed by atoms with Crippen LogP contribution in [-0.2, 0) is 0 Å². The third-order valence-corrected chi connectivity index (χ3v) is 2.29. The highest BCUT2D eigenvalue weighted by molar-refractivity contribution is 5.96. The monoisotopic (exact) mass is 235 g/mol. The van der Waals surface area contributed by atoms with Crippen molar-refractivity contribution in [2.45, 2.75) is 0 Å². The molecule has 17 heavy (non-hydrogen) atoms. The highest BCUT2D eigenvalue weighted by Crippen LogP contribution is 2.27. The van der Waals surface area contributed by atoms with E-state index in [9.17, 15) is 13.6 Å². The second kappa shape index (κ2) is 4.29. The van der Waals surface area contributed by atoms with Crippen LogP contribution in [0.1, 0.15) is 10.4 Å². The fourth-order valence-electron chi connectivity index (χ4n) is 1.56. The zero-order chi connectivity index (χ0) is 12.4. The fraction of sp³-hybridized carbons (Fsp3) is 0. The Bertz CT molecular complexity index is 584. The molecule has 1 aromatic heterocycles. The van der Waals surface area contributed by atoms with E-state index in [1.807, 2.05) is 0 Å². The molecule has 2 aromatic rings. The van der Waals surface area contributed by atoms with Gasteiger partial charge in [-0.05, 0) is 12.1 Å². The summed E-state index contributed by atoms with van der Waals surface area (Å²) in [5.41, 5.74) is -0.535. The Morgan fingerprint density at radius 1 is 1.12 bits per heavy atom. The molecule has 0 fully saturated rings. The lowest BCUT2D eigenvalue weighted by Crippen LogP contribution is -2.04. The first-order chi connectivity index (χ1) is 8.11. The summed E-state index contributed by atoms with van der Waals surface area (Å²) in [6, 6.07) is 5.00. The van der Waals surface area contributed by atoms with Gasteiger partial charge in [0.2, 0.25) is 0 Å². The summed E-state index contributed by atoms with van der Waals surface area (Å²) in [6.45, 7) is 0. The average molecular weight is 235 g/mol. The van der Waals surface area contributed by atoms with E-state index < -0.39 is 23.2 Å². The third kappa shape index (κ3) is 1.99. The minimum absolute atomic E-state index is 0.00241. The van der Waals surface area contributed by atoms with Gasteiger partial charge < -0.3 is 5.11 Å². The first-order valence-electron chi connectivity index (χ1n) is 4.73. The maximum atomic E-state index is 13.5. The van der Waals surface area contributed by atoms with E-state index in [2.05, 4.69) is 4.98 Å². The van der Waals surface area contributed by atoms with Crippen molar-refractivity contribution in [2.24, 2.45) is 0 Å². The van der Waals surface area contributed by atoms with Crippen LogP contribution in [0.15, 0.2) is 36.7 Å². The number of rotatable bonds is 2. The van der Waals surface area contributed by atoms with E-state index in [1.54, 1.807) is 0 Å². The highest BCUT2D eigenvalue weighted by atomic mass is 19.1. The molecule has 86 valence electrons. The van der Waals surface area contributed by atoms with E-state index in [-0.39, 0.29) is 11.1 Å². The van der Waals surface area contributed by atoms with Gasteiger partial charge in [0, 0.05) is 17.3 Å². The Morgan fingerprint density at radius 3 is 2.53 bits per heavy atom. The number of aromatic nitrogens is 1. The van der Waals surface area contributed by atoms with Crippen LogP contribution in [0, 0.1) is 11.6 Å². The van der Waals surface area contributed by atoms with E-state index in [0.717, 1.165) is 12.3 Å². The van der Waals surface area contributed by atoms with Gasteiger partial charge in [-0.3, -0.25) is 4.98 Å². The molecule has 0 aliphatic carbocycles. The minimum Gasteiger partial charge on any atom is -0.478 e. The molecule has 2 rings (SSSR count). The van der Waals surface area contributed by atoms with Gasteiger partial charge in [0.05, 0.1) is 6.20 Å². The van der Waals surface area contributed by atoms with Crippen molar-refractivity contribution in [1.82, 2.24) is 4.98 Å². The Labute approximate surface area is 95.4 Å². The van der Waals surface area contributed by atoms with E-state index in [1.165, 1.54) is 24.4 Å². The Kier molecular flexibility index (Phi) is 2.82. The maximum Gasteiger partial charge on any atom is 0.339 e. The summed E-state index contributed by atoms with van der Waals surface area (Å²) in [4.78, 5) is 14.5. The summed E-state index contributed by atoms with van der Waals surface area (Å²) in [5.74, 6) is -3.03. The second-order valence-corrected chi connectivity index (χ2v) is 3.32. The molecule has 1 N–H and O–H groups in total. The summed E-state index contributed by atoms with van der Waals surface area (Å²) >= 11 is 0. The van der Waals surface area contributed by atoms with Gasteiger partial charge in [0.25, 0.3) is 0 Å². The van der Waals surface area contributed by atoms with Crippen molar-refractivity contribution in [3.8, 4) is 11.1 Å². The van der Waals surface area contributed by atoms with E-state index in [4.69, 9.17) is 5.11 Å². The fourth-order valence-corrected chi connectivity index (χ4v) is 1.56. The third-order valence-electron chi connectivity index (χ3n) is 2.29. The summed E-state index contributed by atoms with van der Waals surface area (Å²) in [7, 11) is 0. The van der Waals surface area contributed by atoms with Gasteiger partial charge in [0.1, 0.15) is 17.2 Å². The molecule has 0 saturated heterocycles. The molecule has 0 spiro atoms. The summed E-state index contributed by atoms with van der Waals surface area (Å²) in [6.07, 6.45) is 2.26. The first-order valence-corrected chi connectivity index (χ1v) is 4.73. The van der Waals surface area contributed by atoms with Crippen LogP contribution in [0.2, 0.25) is 0 Å². The molecule has 1 heterocycles. The van der Waals surface area contributed by atoms with Crippen molar-refractivity contribution < 1.29 is 18.7 Å². The molecule has 0 saturated carbocycles. The number of carboxylic acids is 1. The first kappa shape index (κ1) is 11.2. The quantitative estimate of drug-likeness (QED) is 0.870. The van der Waals surface area contributed by atoms with Crippen LogP contribution < -0.4 is 0 Å². The summed E-state index contributed by atoms with van der Waals surface area (Å²) in [5, 5.41) is 8.92. The topological polar surface area (TPSA) is 50.2 Å². The van der Waals surface area contributed by atoms with Crippen molar-refractivity contribution in [3.63, 3.8) is 0 Å². The zero-order valence-corrected chi connectivity index (χ0v) is 8.52. The molecule has 0 amide bonds. The number of pyridine rings is 1. The van der Waals surface area contributed by atoms with Gasteiger partial charge >= 0.3 is 5.97 Å². The van der Waals surface area contributed by atoms with Crippen LogP contribution in [0.4, 0.5) is 8.78 Å². The van der Waals surface area contributed by atoms with Crippen LogP contribution in [0.25, 0.3) is 11.1 Å². The van der Waals surface area contributed by atoms with Crippen LogP contribution in [-0.4, -0.2) is 16.1 Å². The minimum atomic E-state index is -1.44. The van der Waals surface area contributed by atoms with Crippen LogP contribution in [0.5, 0.6) is 0 Å². The van der Waals surface area contributed by atoms with E-state index >= 15 is 0 Å². The molecule has 0 aliphatic heterocycles. The number of carboxylic acid groups (broad SMARTS) is 1. The number of hydrogen-bond donors (Lipinski definition) is 1. The Balaban J connectivity index is 2.72. The lowest BCUT2D eigenvalue weighted by molar-refractivity contribution is 0.0693. The molecule has 5 heteroatoms. The smallest absolute Gasteiger partial charge is 0.339 e. The molecule has 0 radical (unpaired) electrons. The molecular weight excluding hydrogens is 228 g/mol. The average Bonchev–Trinajstić information content (AvgIpc) is 2.28. The number of aromatic carboxylic acids is 1. The molecule has 0 unspecified atom stereocenters. The predicted molar refractivity (Wildman–Crippen MR) is 56.5 cm³/mol. The molecule has 3 nitrogen and oxygen atoms in total. The SMILES string of the molecule is O=C(O)c1c(F)cccc1-c1ccncc1F. The molecule has 0 bridgehead atoms. The highest BCUT2D eigenvalue weighted by Gasteiger charge is 2.18. The Morgan fingerprint density at radius 2 is 1.88 bits per heavy atom. The van der Waals surface area contributed by atoms with Gasteiger partial charge in [-0.1, -0.05) is 12.1 Å². The number of halogens is 2. The lowest BCUT2D eigenvalue weighted by atomic mass is 10.00. The molecular formula is C12H7F2NO2. The van der Waals surface area contributed by atoms with Crippen molar-refractivity contribution >= 4 is 5.97 Å². The van der Waals surface area contributed by atoms with E-state index in [0.29, 0.717) is 0 Å². The standard InChI is InChI=1S/C12H7F2NO2/c13-9-3-1-2-8(11(9)12(16)17)7-4-5-15-6-10(7)14/h1-6H,(H,16,17). The van der Waals surface area contributed by atoms with Gasteiger partial charge in [-0.25, -0.2) is 13.6 Å². The van der Waals surface area contributed by atoms with Crippen molar-refractivity contribution in [3.05, 3.63) is 53.9 Å². The molecule has 0 aliphatic rings. The maximum absolute atomic E-state index is 13.5. The lowest BCUT2D eigenvalue weighted by Gasteiger charge is -2.07. The van der Waals surface area contributed by atoms with Crippen molar-refractivity contribution in [1.29, 1.82) is 0 Å². The van der Waals surface area contributed by atoms with Gasteiger partial charge in [0.15, 0.2) is 0 Å². The molecule has 0 atom stereocenters. The van der Waals surface area contributed by atoms with Crippen LogP contribution >= 0.6 is 0 Å². The largest absolute Gasteiger partial charge is 0.478 e. The summed E-state index contributed by atoms with van der Waals surface area (Å²) < 4.78 is 26.9. The molecule has 1 aromatic carbocycles.